The van der Waals surface area contributed by atoms with E-state index in [0.717, 1.165) is 0 Å². The van der Waals surface area contributed by atoms with Crippen LogP contribution in [-0.4, -0.2) is 21.9 Å². The van der Waals surface area contributed by atoms with E-state index < -0.39 is 11.8 Å². The number of aromatic amines is 1. The Hall–Kier alpha value is -2.50. The predicted octanol–water partition coefficient (Wildman–Crippen LogP) is -0.821. The van der Waals surface area contributed by atoms with Gasteiger partial charge >= 0.3 is 11.8 Å². The van der Waals surface area contributed by atoms with E-state index in [2.05, 4.69) is 15.0 Å². The number of fused-ring (bicyclic) bond motifs is 3. The lowest BCUT2D eigenvalue weighted by Gasteiger charge is -2.00. The SMILES string of the molecule is O=C1N=c2c(O)cc3[nH]ccc3c2=NC1=O. The molecule has 2 N–H and O–H groups in total. The van der Waals surface area contributed by atoms with Gasteiger partial charge in [-0.25, -0.2) is 4.99 Å². The fraction of sp³-hybridized carbons (Fsp3) is 0. The summed E-state index contributed by atoms with van der Waals surface area (Å²) in [6, 6.07) is 3.14. The first-order chi connectivity index (χ1) is 7.66. The highest BCUT2D eigenvalue weighted by Crippen LogP contribution is 2.11. The minimum absolute atomic E-state index is 0.0525. The van der Waals surface area contributed by atoms with Crippen LogP contribution >= 0.6 is 0 Å². The first-order valence-corrected chi connectivity index (χ1v) is 4.51. The number of nitrogens with zero attached hydrogens (tertiary/aromatic N) is 2. The maximum absolute atomic E-state index is 11.1. The summed E-state index contributed by atoms with van der Waals surface area (Å²) in [5, 5.41) is 10.6. The maximum Gasteiger partial charge on any atom is 0.338 e. The number of hydrogen-bond acceptors (Lipinski definition) is 3. The van der Waals surface area contributed by atoms with Gasteiger partial charge in [-0.05, 0) is 6.07 Å². The van der Waals surface area contributed by atoms with Gasteiger partial charge in [0.15, 0.2) is 0 Å². The molecule has 6 nitrogen and oxygen atoms in total. The highest BCUT2D eigenvalue weighted by Gasteiger charge is 2.18. The molecular weight excluding hydrogens is 210 g/mol. The minimum atomic E-state index is -0.960. The smallest absolute Gasteiger partial charge is 0.338 e. The number of phenols is 1. The van der Waals surface area contributed by atoms with Crippen LogP contribution in [0, 0.1) is 0 Å². The van der Waals surface area contributed by atoms with Crippen molar-refractivity contribution >= 4 is 22.7 Å². The molecule has 0 fully saturated rings. The Bertz CT molecular complexity index is 757. The molecule has 0 saturated carbocycles. The lowest BCUT2D eigenvalue weighted by atomic mass is 10.2. The van der Waals surface area contributed by atoms with Gasteiger partial charge in [-0.15, -0.1) is 0 Å². The molecule has 0 bridgehead atoms. The lowest BCUT2D eigenvalue weighted by molar-refractivity contribution is -0.135. The normalized spacial score (nSPS) is 14.5. The molecule has 0 unspecified atom stereocenters. The van der Waals surface area contributed by atoms with Crippen LogP contribution in [0.4, 0.5) is 0 Å². The largest absolute Gasteiger partial charge is 0.506 e. The Balaban J connectivity index is 2.65. The quantitative estimate of drug-likeness (QED) is 0.562. The summed E-state index contributed by atoms with van der Waals surface area (Å²) in [5.74, 6) is -2.05. The van der Waals surface area contributed by atoms with Crippen LogP contribution in [0.2, 0.25) is 0 Å². The number of hydrogen-bond donors (Lipinski definition) is 2. The van der Waals surface area contributed by atoms with Crippen molar-refractivity contribution in [1.29, 1.82) is 0 Å². The van der Waals surface area contributed by atoms with Gasteiger partial charge in [0, 0.05) is 17.6 Å². The Labute approximate surface area is 88.0 Å². The summed E-state index contributed by atoms with van der Waals surface area (Å²) in [5.41, 5.74) is 0.636. The van der Waals surface area contributed by atoms with E-state index in [-0.39, 0.29) is 16.5 Å². The number of carbonyl (C=O) groups is 2. The van der Waals surface area contributed by atoms with Crippen molar-refractivity contribution in [1.82, 2.24) is 4.98 Å². The van der Waals surface area contributed by atoms with Crippen molar-refractivity contribution in [2.24, 2.45) is 9.98 Å². The van der Waals surface area contributed by atoms with E-state index in [4.69, 9.17) is 0 Å². The maximum atomic E-state index is 11.1. The van der Waals surface area contributed by atoms with Gasteiger partial charge in [-0.3, -0.25) is 9.59 Å². The number of amides is 2. The van der Waals surface area contributed by atoms with E-state index in [1.165, 1.54) is 6.07 Å². The Kier molecular flexibility index (Phi) is 1.51. The van der Waals surface area contributed by atoms with Gasteiger partial charge in [0.05, 0.1) is 5.52 Å². The zero-order valence-electron chi connectivity index (χ0n) is 7.89. The van der Waals surface area contributed by atoms with Gasteiger partial charge in [-0.2, -0.15) is 4.99 Å². The molecule has 1 aliphatic rings. The molecule has 0 radical (unpaired) electrons. The zero-order chi connectivity index (χ0) is 11.3. The van der Waals surface area contributed by atoms with Crippen molar-refractivity contribution in [3.05, 3.63) is 29.0 Å². The third-order valence-electron chi connectivity index (χ3n) is 2.39. The number of phenolic OH excluding ortho intramolecular Hbond substituents is 1. The summed E-state index contributed by atoms with van der Waals surface area (Å²) in [7, 11) is 0. The molecule has 1 aromatic carbocycles. The topological polar surface area (TPSA) is 94.9 Å². The minimum Gasteiger partial charge on any atom is -0.506 e. The molecule has 1 aromatic heterocycles. The van der Waals surface area contributed by atoms with Crippen molar-refractivity contribution in [2.45, 2.75) is 0 Å². The molecule has 6 heteroatoms. The van der Waals surface area contributed by atoms with Crippen LogP contribution in [0.5, 0.6) is 5.75 Å². The summed E-state index contributed by atoms with van der Waals surface area (Å²) in [6.07, 6.45) is 1.65. The summed E-state index contributed by atoms with van der Waals surface area (Å²) in [4.78, 5) is 32.2. The van der Waals surface area contributed by atoms with Crippen molar-refractivity contribution < 1.29 is 14.7 Å². The molecule has 2 heterocycles. The fourth-order valence-corrected chi connectivity index (χ4v) is 1.68. The van der Waals surface area contributed by atoms with Gasteiger partial charge in [-0.1, -0.05) is 0 Å². The lowest BCUT2D eigenvalue weighted by Crippen LogP contribution is -2.35. The first-order valence-electron chi connectivity index (χ1n) is 4.51. The number of aromatic hydroxyl groups is 1. The molecule has 0 spiro atoms. The number of H-pyrrole nitrogens is 1. The summed E-state index contributed by atoms with van der Waals surface area (Å²) in [6.45, 7) is 0. The van der Waals surface area contributed by atoms with E-state index in [9.17, 15) is 14.7 Å². The van der Waals surface area contributed by atoms with Crippen LogP contribution in [0.15, 0.2) is 28.3 Å². The highest BCUT2D eigenvalue weighted by atomic mass is 16.3. The van der Waals surface area contributed by atoms with Crippen molar-refractivity contribution in [2.75, 3.05) is 0 Å². The first kappa shape index (κ1) is 8.78. The number of nitrogens with one attached hydrogen (secondary N) is 1. The van der Waals surface area contributed by atoms with Gasteiger partial charge < -0.3 is 10.1 Å². The molecule has 16 heavy (non-hydrogen) atoms. The molecule has 1 aliphatic heterocycles. The standard InChI is InChI=1S/C10H5N3O3/c14-6-3-5-4(1-2-11-5)7-8(6)13-10(16)9(15)12-7/h1-3,11,14H. The molecule has 2 amide bonds. The fourth-order valence-electron chi connectivity index (χ4n) is 1.68. The Morgan fingerprint density at radius 2 is 1.81 bits per heavy atom. The van der Waals surface area contributed by atoms with Gasteiger partial charge in [0.25, 0.3) is 0 Å². The monoisotopic (exact) mass is 215 g/mol. The summed E-state index contributed by atoms with van der Waals surface area (Å²) < 4.78 is 0. The third kappa shape index (κ3) is 1.01. The number of benzene rings is 1. The van der Waals surface area contributed by atoms with Gasteiger partial charge in [0.2, 0.25) is 0 Å². The Morgan fingerprint density at radius 3 is 2.56 bits per heavy atom. The Morgan fingerprint density at radius 1 is 1.12 bits per heavy atom. The second-order valence-electron chi connectivity index (χ2n) is 3.37. The zero-order valence-corrected chi connectivity index (χ0v) is 7.89. The second-order valence-corrected chi connectivity index (χ2v) is 3.37. The van der Waals surface area contributed by atoms with Crippen molar-refractivity contribution in [3.63, 3.8) is 0 Å². The van der Waals surface area contributed by atoms with E-state index in [1.807, 2.05) is 0 Å². The molecular formula is C10H5N3O3. The molecule has 0 aliphatic carbocycles. The number of carbonyl (C=O) groups excluding carboxylic acids is 2. The van der Waals surface area contributed by atoms with E-state index in [1.54, 1.807) is 12.3 Å². The van der Waals surface area contributed by atoms with Crippen molar-refractivity contribution in [3.8, 4) is 5.75 Å². The van der Waals surface area contributed by atoms with Gasteiger partial charge in [0.1, 0.15) is 16.5 Å². The van der Waals surface area contributed by atoms with Crippen LogP contribution in [0.1, 0.15) is 0 Å². The van der Waals surface area contributed by atoms with Crippen LogP contribution in [0.25, 0.3) is 10.9 Å². The molecule has 2 aromatic rings. The van der Waals surface area contributed by atoms with E-state index in [0.29, 0.717) is 10.9 Å². The third-order valence-corrected chi connectivity index (χ3v) is 2.39. The number of aromatic nitrogens is 1. The molecule has 3 rings (SSSR count). The molecule has 78 valence electrons. The predicted molar refractivity (Wildman–Crippen MR) is 52.3 cm³/mol. The number of rotatable bonds is 0. The molecule has 0 saturated heterocycles. The molecule has 0 atom stereocenters. The second kappa shape index (κ2) is 2.75. The summed E-state index contributed by atoms with van der Waals surface area (Å²) >= 11 is 0. The average Bonchev–Trinajstić information content (AvgIpc) is 2.69. The van der Waals surface area contributed by atoms with Crippen LogP contribution in [-0.2, 0) is 9.59 Å². The van der Waals surface area contributed by atoms with Crippen LogP contribution < -0.4 is 10.7 Å². The highest BCUT2D eigenvalue weighted by molar-refractivity contribution is 6.36. The van der Waals surface area contributed by atoms with Crippen LogP contribution in [0.3, 0.4) is 0 Å². The average molecular weight is 215 g/mol. The van der Waals surface area contributed by atoms with E-state index >= 15 is 0 Å².